The van der Waals surface area contributed by atoms with Crippen molar-refractivity contribution in [1.29, 1.82) is 0 Å². The first-order chi connectivity index (χ1) is 7.84. The Morgan fingerprint density at radius 2 is 2.06 bits per heavy atom. The highest BCUT2D eigenvalue weighted by molar-refractivity contribution is 7.13. The molecule has 0 amide bonds. The second-order valence-electron chi connectivity index (χ2n) is 3.45. The Bertz CT molecular complexity index is 640. The molecule has 4 heteroatoms. The van der Waals surface area contributed by atoms with Gasteiger partial charge in [0.05, 0.1) is 11.2 Å². The van der Waals surface area contributed by atoms with Gasteiger partial charge in [-0.15, -0.1) is 11.3 Å². The summed E-state index contributed by atoms with van der Waals surface area (Å²) in [6.07, 6.45) is 1.79. The van der Waals surface area contributed by atoms with Crippen LogP contribution in [0, 0.1) is 0 Å². The van der Waals surface area contributed by atoms with Gasteiger partial charge < -0.3 is 5.73 Å². The van der Waals surface area contributed by atoms with Gasteiger partial charge in [-0.05, 0) is 12.1 Å². The Morgan fingerprint density at radius 1 is 1.12 bits per heavy atom. The van der Waals surface area contributed by atoms with Crippen LogP contribution in [0.3, 0.4) is 0 Å². The van der Waals surface area contributed by atoms with Crippen molar-refractivity contribution in [3.8, 4) is 11.3 Å². The van der Waals surface area contributed by atoms with Crippen molar-refractivity contribution < 1.29 is 0 Å². The molecule has 2 heterocycles. The van der Waals surface area contributed by atoms with Crippen LogP contribution in [0.5, 0.6) is 0 Å². The van der Waals surface area contributed by atoms with Gasteiger partial charge in [0.25, 0.3) is 0 Å². The topological polar surface area (TPSA) is 51.8 Å². The third-order valence-electron chi connectivity index (χ3n) is 2.44. The van der Waals surface area contributed by atoms with Crippen LogP contribution in [0.25, 0.3) is 22.2 Å². The van der Waals surface area contributed by atoms with E-state index in [1.54, 1.807) is 6.20 Å². The van der Waals surface area contributed by atoms with Crippen LogP contribution in [-0.2, 0) is 0 Å². The Kier molecular flexibility index (Phi) is 2.08. The number of rotatable bonds is 1. The third-order valence-corrected chi connectivity index (χ3v) is 3.12. The standard InChI is InChI=1S/C12H9N3S/c13-12-15-11(7-16-12)9-3-1-5-10-8(9)4-2-6-14-10/h1-7H,(H2,13,15). The fraction of sp³-hybridized carbons (Fsp3) is 0. The molecule has 0 aliphatic heterocycles. The normalized spacial score (nSPS) is 10.8. The molecule has 0 atom stereocenters. The van der Waals surface area contributed by atoms with E-state index in [-0.39, 0.29) is 0 Å². The van der Waals surface area contributed by atoms with E-state index in [2.05, 4.69) is 9.97 Å². The highest BCUT2D eigenvalue weighted by Gasteiger charge is 2.06. The molecule has 78 valence electrons. The molecule has 0 aliphatic rings. The maximum absolute atomic E-state index is 5.65. The van der Waals surface area contributed by atoms with Gasteiger partial charge in [-0.3, -0.25) is 4.98 Å². The van der Waals surface area contributed by atoms with Crippen molar-refractivity contribution in [3.05, 3.63) is 41.9 Å². The molecular formula is C12H9N3S. The lowest BCUT2D eigenvalue weighted by atomic mass is 10.1. The second kappa shape index (κ2) is 3.57. The van der Waals surface area contributed by atoms with Crippen LogP contribution in [0.2, 0.25) is 0 Å². The molecule has 1 aromatic carbocycles. The summed E-state index contributed by atoms with van der Waals surface area (Å²) in [4.78, 5) is 8.62. The van der Waals surface area contributed by atoms with Crippen LogP contribution in [-0.4, -0.2) is 9.97 Å². The summed E-state index contributed by atoms with van der Waals surface area (Å²) in [5.41, 5.74) is 8.63. The number of fused-ring (bicyclic) bond motifs is 1. The Labute approximate surface area is 96.6 Å². The highest BCUT2D eigenvalue weighted by Crippen LogP contribution is 2.28. The SMILES string of the molecule is Nc1nc(-c2cccc3ncccc23)cs1. The monoisotopic (exact) mass is 227 g/mol. The minimum Gasteiger partial charge on any atom is -0.375 e. The quantitative estimate of drug-likeness (QED) is 0.695. The Hall–Kier alpha value is -1.94. The minimum atomic E-state index is 0.593. The molecule has 16 heavy (non-hydrogen) atoms. The largest absolute Gasteiger partial charge is 0.375 e. The summed E-state index contributed by atoms with van der Waals surface area (Å²) in [7, 11) is 0. The fourth-order valence-electron chi connectivity index (χ4n) is 1.74. The van der Waals surface area contributed by atoms with E-state index in [9.17, 15) is 0 Å². The van der Waals surface area contributed by atoms with Crippen molar-refractivity contribution in [2.45, 2.75) is 0 Å². The average Bonchev–Trinajstić information content (AvgIpc) is 2.75. The maximum Gasteiger partial charge on any atom is 0.180 e. The van der Waals surface area contributed by atoms with Crippen LogP contribution in [0.1, 0.15) is 0 Å². The van der Waals surface area contributed by atoms with Gasteiger partial charge in [0.1, 0.15) is 0 Å². The van der Waals surface area contributed by atoms with Crippen LogP contribution >= 0.6 is 11.3 Å². The van der Waals surface area contributed by atoms with Gasteiger partial charge in [-0.1, -0.05) is 18.2 Å². The summed E-state index contributed by atoms with van der Waals surface area (Å²) in [6, 6.07) is 10.0. The van der Waals surface area contributed by atoms with Crippen LogP contribution in [0.4, 0.5) is 5.13 Å². The molecular weight excluding hydrogens is 218 g/mol. The molecule has 0 fully saturated rings. The van der Waals surface area contributed by atoms with Crippen LogP contribution in [0.15, 0.2) is 41.9 Å². The number of benzene rings is 1. The zero-order valence-corrected chi connectivity index (χ0v) is 9.24. The summed E-state index contributed by atoms with van der Waals surface area (Å²) in [6.45, 7) is 0. The molecule has 0 spiro atoms. The first-order valence-electron chi connectivity index (χ1n) is 4.90. The number of nitrogen functional groups attached to an aromatic ring is 1. The number of pyridine rings is 1. The smallest absolute Gasteiger partial charge is 0.180 e. The molecule has 3 aromatic rings. The van der Waals surface area contributed by atoms with E-state index in [4.69, 9.17) is 5.73 Å². The lowest BCUT2D eigenvalue weighted by Crippen LogP contribution is -1.85. The van der Waals surface area contributed by atoms with Crippen molar-refractivity contribution in [2.24, 2.45) is 0 Å². The van der Waals surface area contributed by atoms with E-state index in [1.807, 2.05) is 35.7 Å². The first-order valence-corrected chi connectivity index (χ1v) is 5.78. The molecule has 2 aromatic heterocycles. The Balaban J connectivity index is 2.31. The van der Waals surface area contributed by atoms with Gasteiger partial charge in [-0.25, -0.2) is 4.98 Å². The second-order valence-corrected chi connectivity index (χ2v) is 4.34. The van der Waals surface area contributed by atoms with E-state index < -0.39 is 0 Å². The van der Waals surface area contributed by atoms with Gasteiger partial charge in [0.15, 0.2) is 5.13 Å². The predicted octanol–water partition coefficient (Wildman–Crippen LogP) is 2.94. The molecule has 0 radical (unpaired) electrons. The van der Waals surface area contributed by atoms with Crippen molar-refractivity contribution in [3.63, 3.8) is 0 Å². The Morgan fingerprint density at radius 3 is 2.88 bits per heavy atom. The molecule has 0 unspecified atom stereocenters. The molecule has 3 rings (SSSR count). The summed E-state index contributed by atoms with van der Waals surface area (Å²) < 4.78 is 0. The lowest BCUT2D eigenvalue weighted by Gasteiger charge is -2.02. The number of hydrogen-bond acceptors (Lipinski definition) is 4. The van der Waals surface area contributed by atoms with Crippen molar-refractivity contribution >= 4 is 27.4 Å². The number of nitrogens with zero attached hydrogens (tertiary/aromatic N) is 2. The molecule has 3 nitrogen and oxygen atoms in total. The number of hydrogen-bond donors (Lipinski definition) is 1. The van der Waals surface area contributed by atoms with Gasteiger partial charge in [0.2, 0.25) is 0 Å². The average molecular weight is 227 g/mol. The van der Waals surface area contributed by atoms with Gasteiger partial charge in [0, 0.05) is 22.5 Å². The van der Waals surface area contributed by atoms with Crippen molar-refractivity contribution in [2.75, 3.05) is 5.73 Å². The van der Waals surface area contributed by atoms with E-state index in [0.717, 1.165) is 22.2 Å². The van der Waals surface area contributed by atoms with Crippen LogP contribution < -0.4 is 5.73 Å². The lowest BCUT2D eigenvalue weighted by molar-refractivity contribution is 1.39. The summed E-state index contributed by atoms with van der Waals surface area (Å²) >= 11 is 1.45. The van der Waals surface area contributed by atoms with Crippen molar-refractivity contribution in [1.82, 2.24) is 9.97 Å². The highest BCUT2D eigenvalue weighted by atomic mass is 32.1. The number of aromatic nitrogens is 2. The molecule has 0 saturated heterocycles. The summed E-state index contributed by atoms with van der Waals surface area (Å²) in [5, 5.41) is 3.67. The zero-order chi connectivity index (χ0) is 11.0. The first kappa shape index (κ1) is 9.30. The number of anilines is 1. The fourth-order valence-corrected chi connectivity index (χ4v) is 2.30. The predicted molar refractivity (Wildman–Crippen MR) is 67.3 cm³/mol. The van der Waals surface area contributed by atoms with Gasteiger partial charge >= 0.3 is 0 Å². The molecule has 0 aliphatic carbocycles. The van der Waals surface area contributed by atoms with E-state index in [0.29, 0.717) is 5.13 Å². The number of nitrogens with two attached hydrogens (primary N) is 1. The van der Waals surface area contributed by atoms with E-state index in [1.165, 1.54) is 11.3 Å². The summed E-state index contributed by atoms with van der Waals surface area (Å²) in [5.74, 6) is 0. The number of thiazole rings is 1. The molecule has 0 bridgehead atoms. The third kappa shape index (κ3) is 1.44. The molecule has 0 saturated carbocycles. The minimum absolute atomic E-state index is 0.593. The zero-order valence-electron chi connectivity index (χ0n) is 8.42. The molecule has 2 N–H and O–H groups in total. The maximum atomic E-state index is 5.65. The van der Waals surface area contributed by atoms with E-state index >= 15 is 0 Å². The van der Waals surface area contributed by atoms with Gasteiger partial charge in [-0.2, -0.15) is 0 Å².